The van der Waals surface area contributed by atoms with Gasteiger partial charge < -0.3 is 15.0 Å². The third kappa shape index (κ3) is 3.73. The molecule has 0 saturated carbocycles. The van der Waals surface area contributed by atoms with Crippen LogP contribution in [0.25, 0.3) is 10.9 Å². The average molecular weight is 382 g/mol. The Kier molecular flexibility index (Phi) is 4.91. The number of aliphatic hydroxyl groups is 1. The zero-order valence-electron chi connectivity index (χ0n) is 13.9. The summed E-state index contributed by atoms with van der Waals surface area (Å²) in [6, 6.07) is 6.17. The highest BCUT2D eigenvalue weighted by molar-refractivity contribution is 6.39. The van der Waals surface area contributed by atoms with E-state index in [9.17, 15) is 9.50 Å². The van der Waals surface area contributed by atoms with Crippen molar-refractivity contribution in [1.29, 1.82) is 0 Å². The van der Waals surface area contributed by atoms with Crippen LogP contribution in [0.15, 0.2) is 36.7 Å². The molecule has 3 aromatic rings. The summed E-state index contributed by atoms with van der Waals surface area (Å²) in [5, 5.41) is 14.6. The van der Waals surface area contributed by atoms with Crippen molar-refractivity contribution in [2.45, 2.75) is 32.4 Å². The lowest BCUT2D eigenvalue weighted by atomic mass is 10.0. The van der Waals surface area contributed by atoms with Gasteiger partial charge in [-0.25, -0.2) is 9.37 Å². The Morgan fingerprint density at radius 2 is 1.96 bits per heavy atom. The van der Waals surface area contributed by atoms with Gasteiger partial charge in [0.15, 0.2) is 0 Å². The van der Waals surface area contributed by atoms with Crippen LogP contribution in [0.3, 0.4) is 0 Å². The number of nitrogens with zero attached hydrogens (tertiary/aromatic N) is 2. The standard InChI is InChI=1S/C18H18Cl2FN3O/c1-3-18(2,25)10-24-7-5-12-15(24)4-6-22-17(12)23-16-13(19)8-11(21)9-14(16)20/h4-9,25H,3,10H2,1-2H3,(H,22,23). The first-order chi connectivity index (χ1) is 11.8. The first kappa shape index (κ1) is 18.0. The van der Waals surface area contributed by atoms with Crippen LogP contribution in [-0.4, -0.2) is 20.3 Å². The lowest BCUT2D eigenvalue weighted by Gasteiger charge is -2.22. The zero-order valence-corrected chi connectivity index (χ0v) is 15.4. The van der Waals surface area contributed by atoms with Gasteiger partial charge in [-0.3, -0.25) is 0 Å². The van der Waals surface area contributed by atoms with Gasteiger partial charge in [0.25, 0.3) is 0 Å². The predicted molar refractivity (Wildman–Crippen MR) is 100 cm³/mol. The quantitative estimate of drug-likeness (QED) is 0.622. The molecule has 0 aliphatic carbocycles. The Hall–Kier alpha value is -1.82. The fraction of sp³-hybridized carbons (Fsp3) is 0.278. The first-order valence-electron chi connectivity index (χ1n) is 7.88. The van der Waals surface area contributed by atoms with E-state index in [4.69, 9.17) is 23.2 Å². The first-order valence-corrected chi connectivity index (χ1v) is 8.64. The van der Waals surface area contributed by atoms with E-state index >= 15 is 0 Å². The van der Waals surface area contributed by atoms with E-state index in [-0.39, 0.29) is 10.0 Å². The molecule has 2 heterocycles. The summed E-state index contributed by atoms with van der Waals surface area (Å²) in [7, 11) is 0. The van der Waals surface area contributed by atoms with Crippen LogP contribution >= 0.6 is 23.2 Å². The molecule has 0 radical (unpaired) electrons. The van der Waals surface area contributed by atoms with Crippen molar-refractivity contribution in [3.8, 4) is 0 Å². The van der Waals surface area contributed by atoms with E-state index in [1.165, 1.54) is 12.1 Å². The maximum Gasteiger partial charge on any atom is 0.139 e. The number of pyridine rings is 1. The highest BCUT2D eigenvalue weighted by atomic mass is 35.5. The van der Waals surface area contributed by atoms with Crippen LogP contribution in [-0.2, 0) is 6.54 Å². The molecule has 4 nitrogen and oxygen atoms in total. The minimum absolute atomic E-state index is 0.178. The monoisotopic (exact) mass is 381 g/mol. The third-order valence-electron chi connectivity index (χ3n) is 4.22. The van der Waals surface area contributed by atoms with Crippen LogP contribution in [0, 0.1) is 5.82 Å². The number of halogens is 3. The molecule has 1 aromatic carbocycles. The molecule has 2 aromatic heterocycles. The Morgan fingerprint density at radius 1 is 1.28 bits per heavy atom. The Morgan fingerprint density at radius 3 is 2.60 bits per heavy atom. The number of benzene rings is 1. The molecule has 132 valence electrons. The van der Waals surface area contributed by atoms with Gasteiger partial charge in [0, 0.05) is 17.8 Å². The molecule has 0 fully saturated rings. The van der Waals surface area contributed by atoms with Gasteiger partial charge in [-0.05, 0) is 37.6 Å². The van der Waals surface area contributed by atoms with Gasteiger partial charge in [-0.15, -0.1) is 0 Å². The molecule has 0 aliphatic heterocycles. The maximum absolute atomic E-state index is 13.4. The molecule has 1 unspecified atom stereocenters. The van der Waals surface area contributed by atoms with Gasteiger partial charge >= 0.3 is 0 Å². The summed E-state index contributed by atoms with van der Waals surface area (Å²) in [4.78, 5) is 4.34. The smallest absolute Gasteiger partial charge is 0.139 e. The van der Waals surface area contributed by atoms with Crippen LogP contribution in [0.1, 0.15) is 20.3 Å². The Bertz CT molecular complexity index is 901. The third-order valence-corrected chi connectivity index (χ3v) is 4.82. The zero-order chi connectivity index (χ0) is 18.2. The number of fused-ring (bicyclic) bond motifs is 1. The SMILES string of the molecule is CCC(C)(O)Cn1ccc2c(Nc3c(Cl)cc(F)cc3Cl)nccc21. The summed E-state index contributed by atoms with van der Waals surface area (Å²) in [5.41, 5.74) is 0.519. The van der Waals surface area contributed by atoms with Gasteiger partial charge in [0.2, 0.25) is 0 Å². The summed E-state index contributed by atoms with van der Waals surface area (Å²) >= 11 is 12.2. The number of rotatable bonds is 5. The van der Waals surface area contributed by atoms with Crippen molar-refractivity contribution in [3.63, 3.8) is 0 Å². The van der Waals surface area contributed by atoms with Crippen molar-refractivity contribution in [1.82, 2.24) is 9.55 Å². The lowest BCUT2D eigenvalue weighted by Crippen LogP contribution is -2.28. The van der Waals surface area contributed by atoms with Crippen molar-refractivity contribution in [3.05, 3.63) is 52.5 Å². The predicted octanol–water partition coefficient (Wildman–Crippen LogP) is 5.39. The second kappa shape index (κ2) is 6.83. The normalized spacial score (nSPS) is 13.8. The Labute approximate surface area is 155 Å². The summed E-state index contributed by atoms with van der Waals surface area (Å²) in [5.74, 6) is 0.0578. The van der Waals surface area contributed by atoms with Crippen molar-refractivity contribution >= 4 is 45.6 Å². The molecule has 3 rings (SSSR count). The molecular formula is C18H18Cl2FN3O. The molecule has 7 heteroatoms. The minimum Gasteiger partial charge on any atom is -0.388 e. The van der Waals surface area contributed by atoms with Crippen molar-refractivity contribution in [2.24, 2.45) is 0 Å². The summed E-state index contributed by atoms with van der Waals surface area (Å²) < 4.78 is 15.3. The maximum atomic E-state index is 13.4. The number of nitrogens with one attached hydrogen (secondary N) is 1. The van der Waals surface area contributed by atoms with Gasteiger partial charge in [-0.2, -0.15) is 0 Å². The number of aromatic nitrogens is 2. The van der Waals surface area contributed by atoms with Crippen molar-refractivity contribution in [2.75, 3.05) is 5.32 Å². The van der Waals surface area contributed by atoms with E-state index in [0.717, 1.165) is 10.9 Å². The highest BCUT2D eigenvalue weighted by Crippen LogP contribution is 2.35. The van der Waals surface area contributed by atoms with E-state index in [0.29, 0.717) is 24.5 Å². The number of anilines is 2. The molecule has 0 spiro atoms. The van der Waals surface area contributed by atoms with Gasteiger partial charge in [-0.1, -0.05) is 30.1 Å². The molecule has 1 atom stereocenters. The van der Waals surface area contributed by atoms with E-state index in [2.05, 4.69) is 10.3 Å². The molecule has 0 bridgehead atoms. The lowest BCUT2D eigenvalue weighted by molar-refractivity contribution is 0.0392. The molecule has 0 aliphatic rings. The summed E-state index contributed by atoms with van der Waals surface area (Å²) in [6.45, 7) is 4.21. The Balaban J connectivity index is 2.00. The summed E-state index contributed by atoms with van der Waals surface area (Å²) in [6.07, 6.45) is 4.20. The van der Waals surface area contributed by atoms with Gasteiger partial charge in [0.05, 0.1) is 33.4 Å². The molecule has 25 heavy (non-hydrogen) atoms. The van der Waals surface area contributed by atoms with E-state index in [1.807, 2.05) is 29.8 Å². The van der Waals surface area contributed by atoms with Crippen LogP contribution in [0.5, 0.6) is 0 Å². The van der Waals surface area contributed by atoms with Crippen LogP contribution in [0.2, 0.25) is 10.0 Å². The number of hydrogen-bond donors (Lipinski definition) is 2. The largest absolute Gasteiger partial charge is 0.388 e. The van der Waals surface area contributed by atoms with Crippen LogP contribution in [0.4, 0.5) is 15.9 Å². The molecular weight excluding hydrogens is 364 g/mol. The second-order valence-electron chi connectivity index (χ2n) is 6.26. The van der Waals surface area contributed by atoms with Crippen molar-refractivity contribution < 1.29 is 9.50 Å². The van der Waals surface area contributed by atoms with Gasteiger partial charge in [0.1, 0.15) is 11.6 Å². The average Bonchev–Trinajstić information content (AvgIpc) is 2.94. The van der Waals surface area contributed by atoms with E-state index in [1.54, 1.807) is 13.1 Å². The number of hydrogen-bond acceptors (Lipinski definition) is 3. The fourth-order valence-corrected chi connectivity index (χ4v) is 3.17. The van der Waals surface area contributed by atoms with E-state index < -0.39 is 11.4 Å². The highest BCUT2D eigenvalue weighted by Gasteiger charge is 2.20. The second-order valence-corrected chi connectivity index (χ2v) is 7.07. The fourth-order valence-electron chi connectivity index (χ4n) is 2.62. The molecule has 0 amide bonds. The minimum atomic E-state index is -0.799. The molecule has 0 saturated heterocycles. The van der Waals surface area contributed by atoms with Crippen LogP contribution < -0.4 is 5.32 Å². The topological polar surface area (TPSA) is 50.1 Å². The molecule has 2 N–H and O–H groups in total.